The van der Waals surface area contributed by atoms with Crippen molar-refractivity contribution < 1.29 is 14.3 Å². The monoisotopic (exact) mass is 401 g/mol. The number of hydrogen-bond acceptors (Lipinski definition) is 4. The standard InChI is InChI=1S/C21H24ClN3O3/c1-3-27-12-6-11-25-19-8-5-4-7-18(19)23-21(25)24-20(26)14-28-16-9-10-17(22)15(2)13-16/h4-5,7-10,13H,3,6,11-12,14H2,1-2H3,(H,23,24,26). The van der Waals surface area contributed by atoms with Gasteiger partial charge in [0.15, 0.2) is 6.61 Å². The number of carbonyl (C=O) groups is 1. The van der Waals surface area contributed by atoms with Crippen LogP contribution >= 0.6 is 11.6 Å². The van der Waals surface area contributed by atoms with E-state index in [4.69, 9.17) is 21.1 Å². The molecule has 0 aliphatic carbocycles. The molecule has 0 bridgehead atoms. The van der Waals surface area contributed by atoms with E-state index in [2.05, 4.69) is 10.3 Å². The minimum absolute atomic E-state index is 0.108. The van der Waals surface area contributed by atoms with Crippen LogP contribution in [-0.2, 0) is 16.1 Å². The van der Waals surface area contributed by atoms with Crippen LogP contribution in [0, 0.1) is 6.92 Å². The number of hydrogen-bond donors (Lipinski definition) is 1. The second-order valence-electron chi connectivity index (χ2n) is 6.37. The van der Waals surface area contributed by atoms with E-state index < -0.39 is 0 Å². The predicted octanol–water partition coefficient (Wildman–Crippen LogP) is 4.44. The third-order valence-electron chi connectivity index (χ3n) is 4.28. The molecule has 0 fully saturated rings. The van der Waals surface area contributed by atoms with Crippen molar-refractivity contribution in [1.82, 2.24) is 9.55 Å². The van der Waals surface area contributed by atoms with Gasteiger partial charge in [0.05, 0.1) is 11.0 Å². The van der Waals surface area contributed by atoms with Gasteiger partial charge in [-0.3, -0.25) is 10.1 Å². The molecule has 0 radical (unpaired) electrons. The van der Waals surface area contributed by atoms with Gasteiger partial charge >= 0.3 is 0 Å². The fourth-order valence-electron chi connectivity index (χ4n) is 2.88. The van der Waals surface area contributed by atoms with E-state index in [1.165, 1.54) is 0 Å². The molecule has 1 amide bonds. The van der Waals surface area contributed by atoms with Crippen molar-refractivity contribution in [3.63, 3.8) is 0 Å². The summed E-state index contributed by atoms with van der Waals surface area (Å²) in [6.45, 7) is 5.81. The highest BCUT2D eigenvalue weighted by Crippen LogP contribution is 2.22. The maximum absolute atomic E-state index is 12.4. The smallest absolute Gasteiger partial charge is 0.264 e. The molecule has 0 saturated heterocycles. The van der Waals surface area contributed by atoms with Gasteiger partial charge in [-0.2, -0.15) is 0 Å². The zero-order chi connectivity index (χ0) is 19.9. The number of benzene rings is 2. The molecule has 148 valence electrons. The molecule has 1 N–H and O–H groups in total. The van der Waals surface area contributed by atoms with Crippen LogP contribution in [0.3, 0.4) is 0 Å². The lowest BCUT2D eigenvalue weighted by Gasteiger charge is -2.11. The number of rotatable bonds is 9. The fraction of sp³-hybridized carbons (Fsp3) is 0.333. The summed E-state index contributed by atoms with van der Waals surface area (Å²) in [4.78, 5) is 17.0. The van der Waals surface area contributed by atoms with Crippen LogP contribution in [0.15, 0.2) is 42.5 Å². The van der Waals surface area contributed by atoms with Crippen LogP contribution in [0.2, 0.25) is 5.02 Å². The second-order valence-corrected chi connectivity index (χ2v) is 6.78. The molecule has 3 rings (SSSR count). The van der Waals surface area contributed by atoms with Gasteiger partial charge in [-0.1, -0.05) is 23.7 Å². The molecule has 0 spiro atoms. The number of nitrogens with zero attached hydrogens (tertiary/aromatic N) is 2. The summed E-state index contributed by atoms with van der Waals surface area (Å²) >= 11 is 6.01. The number of para-hydroxylation sites is 2. The van der Waals surface area contributed by atoms with E-state index in [9.17, 15) is 4.79 Å². The summed E-state index contributed by atoms with van der Waals surface area (Å²) in [7, 11) is 0. The van der Waals surface area contributed by atoms with Gasteiger partial charge < -0.3 is 14.0 Å². The predicted molar refractivity (Wildman–Crippen MR) is 111 cm³/mol. The van der Waals surface area contributed by atoms with Crippen molar-refractivity contribution in [3.8, 4) is 5.75 Å². The highest BCUT2D eigenvalue weighted by atomic mass is 35.5. The number of carbonyl (C=O) groups excluding carboxylic acids is 1. The average molecular weight is 402 g/mol. The van der Waals surface area contributed by atoms with Crippen LogP contribution < -0.4 is 10.1 Å². The zero-order valence-corrected chi connectivity index (χ0v) is 16.8. The van der Waals surface area contributed by atoms with Gasteiger partial charge in [0.1, 0.15) is 5.75 Å². The first-order valence-corrected chi connectivity index (χ1v) is 9.68. The molecule has 0 saturated carbocycles. The first-order valence-electron chi connectivity index (χ1n) is 9.30. The Bertz CT molecular complexity index is 955. The van der Waals surface area contributed by atoms with Crippen molar-refractivity contribution in [2.45, 2.75) is 26.8 Å². The summed E-state index contributed by atoms with van der Waals surface area (Å²) in [5.41, 5.74) is 2.71. The van der Waals surface area contributed by atoms with Gasteiger partial charge in [0, 0.05) is 24.8 Å². The van der Waals surface area contributed by atoms with Crippen molar-refractivity contribution in [1.29, 1.82) is 0 Å². The lowest BCUT2D eigenvalue weighted by atomic mass is 10.2. The number of aromatic nitrogens is 2. The molecule has 7 heteroatoms. The minimum atomic E-state index is -0.269. The lowest BCUT2D eigenvalue weighted by Crippen LogP contribution is -2.22. The Morgan fingerprint density at radius 2 is 2.07 bits per heavy atom. The normalized spacial score (nSPS) is 11.0. The Balaban J connectivity index is 1.67. The van der Waals surface area contributed by atoms with Gasteiger partial charge in [0.2, 0.25) is 5.95 Å². The fourth-order valence-corrected chi connectivity index (χ4v) is 3.00. The molecule has 6 nitrogen and oxygen atoms in total. The summed E-state index contributed by atoms with van der Waals surface area (Å²) in [5, 5.41) is 3.52. The first kappa shape index (κ1) is 20.2. The summed E-state index contributed by atoms with van der Waals surface area (Å²) in [6.07, 6.45) is 0.831. The Kier molecular flexibility index (Phi) is 6.90. The largest absolute Gasteiger partial charge is 0.484 e. The van der Waals surface area contributed by atoms with E-state index in [-0.39, 0.29) is 12.5 Å². The number of anilines is 1. The lowest BCUT2D eigenvalue weighted by molar-refractivity contribution is -0.118. The maximum Gasteiger partial charge on any atom is 0.264 e. The molecular formula is C21H24ClN3O3. The van der Waals surface area contributed by atoms with Crippen molar-refractivity contribution in [2.24, 2.45) is 0 Å². The van der Waals surface area contributed by atoms with Crippen molar-refractivity contribution in [3.05, 3.63) is 53.1 Å². The number of fused-ring (bicyclic) bond motifs is 1. The van der Waals surface area contributed by atoms with Crippen LogP contribution in [-0.4, -0.2) is 35.3 Å². The molecule has 2 aromatic carbocycles. The Hall–Kier alpha value is -2.57. The molecule has 28 heavy (non-hydrogen) atoms. The number of halogens is 1. The quantitative estimate of drug-likeness (QED) is 0.538. The van der Waals surface area contributed by atoms with Crippen molar-refractivity contribution >= 4 is 34.5 Å². The molecule has 3 aromatic rings. The van der Waals surface area contributed by atoms with E-state index in [0.717, 1.165) is 23.0 Å². The first-order chi connectivity index (χ1) is 13.6. The molecule has 1 aromatic heterocycles. The van der Waals surface area contributed by atoms with E-state index in [1.807, 2.05) is 42.7 Å². The minimum Gasteiger partial charge on any atom is -0.484 e. The van der Waals surface area contributed by atoms with Gasteiger partial charge in [0.25, 0.3) is 5.91 Å². The molecule has 0 atom stereocenters. The summed E-state index contributed by atoms with van der Waals surface area (Å²) in [5.74, 6) is 0.842. The van der Waals surface area contributed by atoms with Gasteiger partial charge in [-0.15, -0.1) is 0 Å². The molecule has 0 unspecified atom stereocenters. The third-order valence-corrected chi connectivity index (χ3v) is 4.70. The molecule has 1 heterocycles. The number of nitrogens with one attached hydrogen (secondary N) is 1. The van der Waals surface area contributed by atoms with Gasteiger partial charge in [-0.05, 0) is 56.2 Å². The SMILES string of the molecule is CCOCCCn1c(NC(=O)COc2ccc(Cl)c(C)c2)nc2ccccc21. The Morgan fingerprint density at radius 3 is 2.86 bits per heavy atom. The topological polar surface area (TPSA) is 65.4 Å². The van der Waals surface area contributed by atoms with Gasteiger partial charge in [-0.25, -0.2) is 4.98 Å². The van der Waals surface area contributed by atoms with Crippen molar-refractivity contribution in [2.75, 3.05) is 25.1 Å². The van der Waals surface area contributed by atoms with E-state index in [1.54, 1.807) is 18.2 Å². The summed E-state index contributed by atoms with van der Waals surface area (Å²) < 4.78 is 13.0. The molecule has 0 aliphatic rings. The van der Waals surface area contributed by atoms with Crippen LogP contribution in [0.1, 0.15) is 18.9 Å². The Labute approximate surface area is 169 Å². The highest BCUT2D eigenvalue weighted by Gasteiger charge is 2.13. The second kappa shape index (κ2) is 9.57. The number of imidazole rings is 1. The average Bonchev–Trinajstić information content (AvgIpc) is 3.03. The zero-order valence-electron chi connectivity index (χ0n) is 16.1. The molecular weight excluding hydrogens is 378 g/mol. The Morgan fingerprint density at radius 1 is 1.25 bits per heavy atom. The summed E-state index contributed by atoms with van der Waals surface area (Å²) in [6, 6.07) is 13.1. The number of aryl methyl sites for hydroxylation is 2. The van der Waals surface area contributed by atoms with Crippen LogP contribution in [0.5, 0.6) is 5.75 Å². The third kappa shape index (κ3) is 5.03. The highest BCUT2D eigenvalue weighted by molar-refractivity contribution is 6.31. The van der Waals surface area contributed by atoms with E-state index >= 15 is 0 Å². The number of amides is 1. The maximum atomic E-state index is 12.4. The van der Waals surface area contributed by atoms with E-state index in [0.29, 0.717) is 36.5 Å². The van der Waals surface area contributed by atoms with Crippen LogP contribution in [0.25, 0.3) is 11.0 Å². The number of ether oxygens (including phenoxy) is 2. The molecule has 0 aliphatic heterocycles. The van der Waals surface area contributed by atoms with Crippen LogP contribution in [0.4, 0.5) is 5.95 Å².